The molecule has 0 amide bonds. The van der Waals surface area contributed by atoms with Gasteiger partial charge in [-0.25, -0.2) is 4.84 Å². The molecule has 0 saturated carbocycles. The summed E-state index contributed by atoms with van der Waals surface area (Å²) < 4.78 is 4.94. The van der Waals surface area contributed by atoms with Crippen LogP contribution in [0.3, 0.4) is 0 Å². The average Bonchev–Trinajstić information content (AvgIpc) is 2.34. The summed E-state index contributed by atoms with van der Waals surface area (Å²) in [4.78, 5) is 15.6. The van der Waals surface area contributed by atoms with Crippen molar-refractivity contribution >= 4 is 5.97 Å². The molecule has 0 radical (unpaired) electrons. The van der Waals surface area contributed by atoms with Crippen molar-refractivity contribution in [3.63, 3.8) is 0 Å². The fraction of sp³-hybridized carbons (Fsp3) is 0.364. The summed E-state index contributed by atoms with van der Waals surface area (Å²) in [6, 6.07) is 6.29. The Bertz CT molecular complexity index is 378. The first-order valence-corrected chi connectivity index (χ1v) is 5.30. The number of ether oxygens (including phenoxy) is 1. The standard InChI is InChI=1S/C11H16N2O5/c1-8(12)11(14)17-6-9-2-4-10(5-3-9)7-18-13(15)16/h2-5,8,15-16H,6-7,12H2,1H3. The molecule has 0 fully saturated rings. The molecular weight excluding hydrogens is 240 g/mol. The highest BCUT2D eigenvalue weighted by Crippen LogP contribution is 2.07. The minimum absolute atomic E-state index is 0.0207. The van der Waals surface area contributed by atoms with E-state index in [9.17, 15) is 4.79 Å². The molecule has 1 aromatic carbocycles. The van der Waals surface area contributed by atoms with Crippen LogP contribution >= 0.6 is 0 Å². The van der Waals surface area contributed by atoms with Crippen molar-refractivity contribution in [2.24, 2.45) is 5.73 Å². The van der Waals surface area contributed by atoms with Crippen LogP contribution in [0.15, 0.2) is 24.3 Å². The molecule has 0 aliphatic heterocycles. The molecule has 1 aromatic rings. The molecule has 1 atom stereocenters. The van der Waals surface area contributed by atoms with Crippen LogP contribution in [0.1, 0.15) is 18.1 Å². The van der Waals surface area contributed by atoms with E-state index in [2.05, 4.69) is 4.84 Å². The molecule has 1 rings (SSSR count). The lowest BCUT2D eigenvalue weighted by Gasteiger charge is -2.08. The second-order valence-electron chi connectivity index (χ2n) is 3.74. The van der Waals surface area contributed by atoms with Crippen LogP contribution in [0, 0.1) is 0 Å². The Kier molecular flexibility index (Phi) is 5.69. The van der Waals surface area contributed by atoms with Gasteiger partial charge in [0.05, 0.1) is 12.0 Å². The molecule has 0 aromatic heterocycles. The van der Waals surface area contributed by atoms with Gasteiger partial charge < -0.3 is 10.5 Å². The number of hydrogen-bond acceptors (Lipinski definition) is 7. The molecule has 0 heterocycles. The van der Waals surface area contributed by atoms with Crippen LogP contribution in [0.25, 0.3) is 0 Å². The van der Waals surface area contributed by atoms with Gasteiger partial charge in [0.15, 0.2) is 0 Å². The van der Waals surface area contributed by atoms with Gasteiger partial charge in [-0.2, -0.15) is 0 Å². The van der Waals surface area contributed by atoms with Crippen molar-refractivity contribution in [2.45, 2.75) is 26.2 Å². The van der Waals surface area contributed by atoms with E-state index in [-0.39, 0.29) is 18.6 Å². The lowest BCUT2D eigenvalue weighted by molar-refractivity contribution is -0.497. The van der Waals surface area contributed by atoms with Crippen LogP contribution in [-0.2, 0) is 27.6 Å². The monoisotopic (exact) mass is 256 g/mol. The highest BCUT2D eigenvalue weighted by atomic mass is 17.1. The Morgan fingerprint density at radius 2 is 1.78 bits per heavy atom. The first-order valence-electron chi connectivity index (χ1n) is 5.30. The van der Waals surface area contributed by atoms with Crippen molar-refractivity contribution in [1.29, 1.82) is 0 Å². The number of esters is 1. The predicted octanol–water partition coefficient (Wildman–Crippen LogP) is 0.589. The summed E-state index contributed by atoms with van der Waals surface area (Å²) in [7, 11) is 0. The van der Waals surface area contributed by atoms with E-state index in [0.717, 1.165) is 11.1 Å². The van der Waals surface area contributed by atoms with Gasteiger partial charge in [-0.15, -0.1) is 0 Å². The molecule has 7 nitrogen and oxygen atoms in total. The van der Waals surface area contributed by atoms with Gasteiger partial charge in [0, 0.05) is 0 Å². The Balaban J connectivity index is 2.43. The Hall–Kier alpha value is -1.51. The second-order valence-corrected chi connectivity index (χ2v) is 3.74. The smallest absolute Gasteiger partial charge is 0.322 e. The van der Waals surface area contributed by atoms with Crippen molar-refractivity contribution in [2.75, 3.05) is 0 Å². The second kappa shape index (κ2) is 7.04. The molecule has 0 saturated heterocycles. The van der Waals surface area contributed by atoms with Gasteiger partial charge in [0.2, 0.25) is 0 Å². The van der Waals surface area contributed by atoms with Crippen molar-refractivity contribution in [3.05, 3.63) is 35.4 Å². The number of carbonyl (C=O) groups excluding carboxylic acids is 1. The lowest BCUT2D eigenvalue weighted by atomic mass is 10.1. The van der Waals surface area contributed by atoms with Crippen LogP contribution < -0.4 is 5.73 Å². The van der Waals surface area contributed by atoms with Crippen LogP contribution in [0.4, 0.5) is 0 Å². The first-order chi connectivity index (χ1) is 8.49. The molecule has 0 spiro atoms. The van der Waals surface area contributed by atoms with Gasteiger partial charge in [-0.05, 0) is 18.1 Å². The number of carbonyl (C=O) groups is 1. The quantitative estimate of drug-likeness (QED) is 0.505. The number of nitrogens with zero attached hydrogens (tertiary/aromatic N) is 1. The SMILES string of the molecule is CC(N)C(=O)OCc1ccc(CON(O)O)cc1. The largest absolute Gasteiger partial charge is 0.460 e. The minimum Gasteiger partial charge on any atom is -0.460 e. The number of hydrogen-bond donors (Lipinski definition) is 3. The number of benzene rings is 1. The van der Waals surface area contributed by atoms with Crippen molar-refractivity contribution in [3.8, 4) is 0 Å². The van der Waals surface area contributed by atoms with Crippen LogP contribution in [0.5, 0.6) is 0 Å². The summed E-state index contributed by atoms with van der Waals surface area (Å²) in [5, 5.41) is 16.4. The Morgan fingerprint density at radius 1 is 1.28 bits per heavy atom. The Labute approximate surface area is 104 Å². The average molecular weight is 256 g/mol. The van der Waals surface area contributed by atoms with Crippen LogP contribution in [-0.4, -0.2) is 27.8 Å². The minimum atomic E-state index is -0.641. The molecule has 1 unspecified atom stereocenters. The van der Waals surface area contributed by atoms with E-state index >= 15 is 0 Å². The summed E-state index contributed by atoms with van der Waals surface area (Å²) in [5.41, 5.74) is 6.89. The predicted molar refractivity (Wildman–Crippen MR) is 60.1 cm³/mol. The van der Waals surface area contributed by atoms with Crippen molar-refractivity contribution < 1.29 is 24.8 Å². The summed E-state index contributed by atoms with van der Waals surface area (Å²) in [6.45, 7) is 1.72. The normalized spacial score (nSPS) is 12.5. The Morgan fingerprint density at radius 3 is 2.22 bits per heavy atom. The van der Waals surface area contributed by atoms with E-state index in [4.69, 9.17) is 20.9 Å². The molecular formula is C11H16N2O5. The maximum absolute atomic E-state index is 11.1. The summed E-state index contributed by atoms with van der Waals surface area (Å²) in [6.07, 6.45) is 0. The molecule has 7 heteroatoms. The van der Waals surface area contributed by atoms with E-state index in [1.54, 1.807) is 31.2 Å². The zero-order valence-electron chi connectivity index (χ0n) is 9.94. The van der Waals surface area contributed by atoms with Gasteiger partial charge in [0.1, 0.15) is 12.6 Å². The van der Waals surface area contributed by atoms with E-state index in [1.165, 1.54) is 0 Å². The van der Waals surface area contributed by atoms with Crippen LogP contribution in [0.2, 0.25) is 0 Å². The molecule has 0 aliphatic carbocycles. The molecule has 0 bridgehead atoms. The maximum atomic E-state index is 11.1. The number of rotatable bonds is 6. The van der Waals surface area contributed by atoms with Gasteiger partial charge in [0.25, 0.3) is 0 Å². The fourth-order valence-corrected chi connectivity index (χ4v) is 1.15. The maximum Gasteiger partial charge on any atom is 0.322 e. The zero-order chi connectivity index (χ0) is 13.5. The third-order valence-corrected chi connectivity index (χ3v) is 2.12. The van der Waals surface area contributed by atoms with E-state index in [1.807, 2.05) is 0 Å². The topological polar surface area (TPSA) is 105 Å². The zero-order valence-corrected chi connectivity index (χ0v) is 9.94. The van der Waals surface area contributed by atoms with E-state index in [0.29, 0.717) is 0 Å². The van der Waals surface area contributed by atoms with Gasteiger partial charge >= 0.3 is 5.97 Å². The third-order valence-electron chi connectivity index (χ3n) is 2.12. The van der Waals surface area contributed by atoms with Gasteiger partial charge in [-0.1, -0.05) is 24.3 Å². The summed E-state index contributed by atoms with van der Waals surface area (Å²) in [5.74, 6) is -0.460. The molecule has 0 aliphatic rings. The molecule has 18 heavy (non-hydrogen) atoms. The highest BCUT2D eigenvalue weighted by molar-refractivity contribution is 5.74. The highest BCUT2D eigenvalue weighted by Gasteiger charge is 2.08. The number of nitrogens with two attached hydrogens (primary N) is 1. The summed E-state index contributed by atoms with van der Waals surface area (Å²) >= 11 is 0. The first kappa shape index (κ1) is 14.6. The third kappa shape index (κ3) is 5.21. The van der Waals surface area contributed by atoms with Crippen molar-refractivity contribution in [1.82, 2.24) is 5.39 Å². The fourth-order valence-electron chi connectivity index (χ4n) is 1.15. The molecule has 4 N–H and O–H groups in total. The molecule has 100 valence electrons. The van der Waals surface area contributed by atoms with E-state index < -0.39 is 12.0 Å². The lowest BCUT2D eigenvalue weighted by Crippen LogP contribution is -2.28. The van der Waals surface area contributed by atoms with Gasteiger partial charge in [-0.3, -0.25) is 15.2 Å².